The highest BCUT2D eigenvalue weighted by molar-refractivity contribution is 6.68. The maximum atomic E-state index is 12.1. The first-order valence-corrected chi connectivity index (χ1v) is 8.25. The van der Waals surface area contributed by atoms with E-state index in [4.69, 9.17) is 55.9 Å². The van der Waals surface area contributed by atoms with Crippen LogP contribution < -0.4 is 14.8 Å². The number of amides is 1. The summed E-state index contributed by atoms with van der Waals surface area (Å²) in [6.45, 7) is 0. The number of halogens is 4. The van der Waals surface area contributed by atoms with Crippen LogP contribution in [0.4, 0.5) is 4.79 Å². The molecule has 0 heterocycles. The third kappa shape index (κ3) is 5.35. The van der Waals surface area contributed by atoms with Gasteiger partial charge in [0.25, 0.3) is 0 Å². The number of benzene rings is 2. The molecule has 0 aliphatic rings. The van der Waals surface area contributed by atoms with Crippen molar-refractivity contribution in [3.8, 4) is 11.5 Å². The second-order valence-corrected chi connectivity index (χ2v) is 7.54. The first kappa shape index (κ1) is 19.0. The van der Waals surface area contributed by atoms with Crippen molar-refractivity contribution in [3.63, 3.8) is 0 Å². The lowest BCUT2D eigenvalue weighted by molar-refractivity contribution is 0.196. The number of ether oxygens (including phenoxy) is 2. The number of methoxy groups -OCH3 is 1. The third-order valence-electron chi connectivity index (χ3n) is 3.05. The van der Waals surface area contributed by atoms with Crippen LogP contribution in [0.15, 0.2) is 48.5 Å². The smallest absolute Gasteiger partial charge is 0.413 e. The zero-order chi connectivity index (χ0) is 17.7. The van der Waals surface area contributed by atoms with Crippen molar-refractivity contribution in [2.45, 2.75) is 9.83 Å². The molecule has 2 aromatic carbocycles. The van der Waals surface area contributed by atoms with Gasteiger partial charge in [-0.05, 0) is 35.9 Å². The lowest BCUT2D eigenvalue weighted by Gasteiger charge is -2.25. The minimum atomic E-state index is -1.78. The lowest BCUT2D eigenvalue weighted by atomic mass is 10.1. The topological polar surface area (TPSA) is 47.6 Å². The Morgan fingerprint density at radius 1 is 1.08 bits per heavy atom. The van der Waals surface area contributed by atoms with Crippen LogP contribution in [0.1, 0.15) is 11.6 Å². The zero-order valence-corrected chi connectivity index (χ0v) is 15.5. The van der Waals surface area contributed by atoms with Gasteiger partial charge in [0.2, 0.25) is 3.79 Å². The third-order valence-corrected chi connectivity index (χ3v) is 3.94. The fourth-order valence-corrected chi connectivity index (χ4v) is 2.66. The molecule has 1 N–H and O–H groups in total. The summed E-state index contributed by atoms with van der Waals surface area (Å²) < 4.78 is 8.46. The van der Waals surface area contributed by atoms with E-state index in [2.05, 4.69) is 5.32 Å². The van der Waals surface area contributed by atoms with E-state index in [0.717, 1.165) is 0 Å². The highest BCUT2D eigenvalue weighted by Crippen LogP contribution is 2.40. The molecule has 128 valence electrons. The van der Waals surface area contributed by atoms with Crippen LogP contribution in [0.2, 0.25) is 5.02 Å². The summed E-state index contributed by atoms with van der Waals surface area (Å²) in [5.74, 6) is 0.918. The van der Waals surface area contributed by atoms with Crippen LogP contribution >= 0.6 is 46.4 Å². The standard InChI is InChI=1S/C16H13Cl4NO3/c1-23-12-7-5-10(6-8-12)14(16(18,19)20)21-15(22)24-13-4-2-3-11(17)9-13/h2-9,14H,1H3,(H,21,22)/t14-/m1/s1. The molecule has 24 heavy (non-hydrogen) atoms. The summed E-state index contributed by atoms with van der Waals surface area (Å²) in [5.41, 5.74) is 0.582. The van der Waals surface area contributed by atoms with Crippen LogP contribution in [0.3, 0.4) is 0 Å². The van der Waals surface area contributed by atoms with Crippen LogP contribution in [-0.2, 0) is 0 Å². The predicted molar refractivity (Wildman–Crippen MR) is 96.6 cm³/mol. The number of alkyl halides is 3. The van der Waals surface area contributed by atoms with E-state index in [1.165, 1.54) is 6.07 Å². The van der Waals surface area contributed by atoms with Gasteiger partial charge in [-0.15, -0.1) is 0 Å². The molecule has 2 rings (SSSR count). The number of hydrogen-bond acceptors (Lipinski definition) is 3. The van der Waals surface area contributed by atoms with Crippen molar-refractivity contribution < 1.29 is 14.3 Å². The fraction of sp³-hybridized carbons (Fsp3) is 0.188. The minimum absolute atomic E-state index is 0.276. The highest BCUT2D eigenvalue weighted by Gasteiger charge is 2.35. The number of rotatable bonds is 4. The molecule has 0 aliphatic heterocycles. The Morgan fingerprint density at radius 2 is 1.75 bits per heavy atom. The Hall–Kier alpha value is -1.33. The minimum Gasteiger partial charge on any atom is -0.497 e. The molecule has 0 spiro atoms. The summed E-state index contributed by atoms with van der Waals surface area (Å²) >= 11 is 23.8. The van der Waals surface area contributed by atoms with Crippen LogP contribution in [0, 0.1) is 0 Å². The zero-order valence-electron chi connectivity index (χ0n) is 12.4. The molecule has 8 heteroatoms. The Kier molecular flexibility index (Phi) is 6.47. The van der Waals surface area contributed by atoms with Gasteiger partial charge in [0.15, 0.2) is 0 Å². The van der Waals surface area contributed by atoms with Gasteiger partial charge in [-0.2, -0.15) is 0 Å². The number of nitrogens with one attached hydrogen (secondary N) is 1. The van der Waals surface area contributed by atoms with Crippen molar-refractivity contribution in [1.82, 2.24) is 5.32 Å². The van der Waals surface area contributed by atoms with Crippen LogP contribution in [0.25, 0.3) is 0 Å². The van der Waals surface area contributed by atoms with E-state index in [1.54, 1.807) is 49.6 Å². The van der Waals surface area contributed by atoms with Gasteiger partial charge in [-0.3, -0.25) is 0 Å². The van der Waals surface area contributed by atoms with E-state index in [0.29, 0.717) is 16.3 Å². The van der Waals surface area contributed by atoms with Gasteiger partial charge in [-0.1, -0.05) is 64.6 Å². The lowest BCUT2D eigenvalue weighted by Crippen LogP contribution is -2.38. The van der Waals surface area contributed by atoms with Gasteiger partial charge >= 0.3 is 6.09 Å². The summed E-state index contributed by atoms with van der Waals surface area (Å²) in [4.78, 5) is 12.1. The second kappa shape index (κ2) is 8.17. The predicted octanol–water partition coefficient (Wildman–Crippen LogP) is 5.55. The van der Waals surface area contributed by atoms with Crippen molar-refractivity contribution >= 4 is 52.5 Å². The molecular formula is C16H13Cl4NO3. The first-order chi connectivity index (χ1) is 11.3. The normalized spacial score (nSPS) is 12.4. The van der Waals surface area contributed by atoms with Crippen LogP contribution in [-0.4, -0.2) is 17.0 Å². The summed E-state index contributed by atoms with van der Waals surface area (Å²) in [6.07, 6.45) is -0.774. The first-order valence-electron chi connectivity index (χ1n) is 6.74. The molecule has 0 aliphatic carbocycles. The maximum absolute atomic E-state index is 12.1. The summed E-state index contributed by atoms with van der Waals surface area (Å²) in [5, 5.41) is 2.98. The molecule has 4 nitrogen and oxygen atoms in total. The van der Waals surface area contributed by atoms with Gasteiger partial charge in [0.05, 0.1) is 7.11 Å². The van der Waals surface area contributed by atoms with Gasteiger partial charge in [-0.25, -0.2) is 4.79 Å². The molecule has 0 unspecified atom stereocenters. The maximum Gasteiger partial charge on any atom is 0.413 e. The van der Waals surface area contributed by atoms with Gasteiger partial charge in [0, 0.05) is 5.02 Å². The molecule has 1 amide bonds. The average molecular weight is 409 g/mol. The van der Waals surface area contributed by atoms with E-state index in [-0.39, 0.29) is 5.75 Å². The largest absolute Gasteiger partial charge is 0.497 e. The summed E-state index contributed by atoms with van der Waals surface area (Å²) in [6, 6.07) is 12.2. The van der Waals surface area contributed by atoms with E-state index in [1.807, 2.05) is 0 Å². The van der Waals surface area contributed by atoms with Crippen molar-refractivity contribution in [1.29, 1.82) is 0 Å². The SMILES string of the molecule is COc1ccc([C@@H](NC(=O)Oc2cccc(Cl)c2)C(Cl)(Cl)Cl)cc1. The molecule has 0 aromatic heterocycles. The molecule has 0 bridgehead atoms. The molecule has 0 saturated carbocycles. The van der Waals surface area contributed by atoms with Crippen LogP contribution in [0.5, 0.6) is 11.5 Å². The molecule has 0 fully saturated rings. The Bertz CT molecular complexity index is 701. The van der Waals surface area contributed by atoms with Crippen molar-refractivity contribution in [2.75, 3.05) is 7.11 Å². The Labute approximate surface area is 159 Å². The van der Waals surface area contributed by atoms with Gasteiger partial charge in [0.1, 0.15) is 17.5 Å². The molecular weight excluding hydrogens is 396 g/mol. The highest BCUT2D eigenvalue weighted by atomic mass is 35.6. The average Bonchev–Trinajstić information content (AvgIpc) is 2.52. The molecule has 0 saturated heterocycles. The molecule has 0 radical (unpaired) electrons. The van der Waals surface area contributed by atoms with Crippen molar-refractivity contribution in [2.24, 2.45) is 0 Å². The second-order valence-electron chi connectivity index (χ2n) is 4.74. The molecule has 2 aromatic rings. The fourth-order valence-electron chi connectivity index (χ4n) is 1.94. The Morgan fingerprint density at radius 3 is 2.29 bits per heavy atom. The van der Waals surface area contributed by atoms with E-state index >= 15 is 0 Å². The van der Waals surface area contributed by atoms with Gasteiger partial charge < -0.3 is 14.8 Å². The monoisotopic (exact) mass is 407 g/mol. The number of carbonyl (C=O) groups excluding carboxylic acids is 1. The number of carbonyl (C=O) groups is 1. The van der Waals surface area contributed by atoms with E-state index < -0.39 is 15.9 Å². The number of hydrogen-bond donors (Lipinski definition) is 1. The summed E-state index contributed by atoms with van der Waals surface area (Å²) in [7, 11) is 1.54. The van der Waals surface area contributed by atoms with E-state index in [9.17, 15) is 4.79 Å². The Balaban J connectivity index is 2.15. The molecule has 1 atom stereocenters. The van der Waals surface area contributed by atoms with Crippen molar-refractivity contribution in [3.05, 3.63) is 59.1 Å². The quantitative estimate of drug-likeness (QED) is 0.674.